The zero-order valence-electron chi connectivity index (χ0n) is 16.5. The lowest BCUT2D eigenvalue weighted by atomic mass is 10.1. The number of piperidine rings is 1. The highest BCUT2D eigenvalue weighted by atomic mass is 32.1. The van der Waals surface area contributed by atoms with E-state index >= 15 is 0 Å². The molecule has 0 saturated carbocycles. The summed E-state index contributed by atoms with van der Waals surface area (Å²) in [7, 11) is 0. The molecule has 0 spiro atoms. The van der Waals surface area contributed by atoms with Gasteiger partial charge in [0.1, 0.15) is 0 Å². The van der Waals surface area contributed by atoms with E-state index in [0.29, 0.717) is 5.11 Å². The smallest absolute Gasteiger partial charge is 0.253 e. The Labute approximate surface area is 173 Å². The fourth-order valence-corrected chi connectivity index (χ4v) is 3.79. The summed E-state index contributed by atoms with van der Waals surface area (Å²) in [5.41, 5.74) is 2.97. The van der Waals surface area contributed by atoms with Gasteiger partial charge in [0.05, 0.1) is 0 Å². The first kappa shape index (κ1) is 20.3. The number of hydrogen-bond donors (Lipinski definition) is 2. The van der Waals surface area contributed by atoms with Crippen molar-refractivity contribution in [2.45, 2.75) is 45.1 Å². The summed E-state index contributed by atoms with van der Waals surface area (Å²) in [5, 5.41) is 7.15. The first-order chi connectivity index (χ1) is 13.6. The van der Waals surface area contributed by atoms with Gasteiger partial charge in [0.15, 0.2) is 5.11 Å². The van der Waals surface area contributed by atoms with Crippen LogP contribution in [0.25, 0.3) is 0 Å². The Morgan fingerprint density at radius 2 is 1.71 bits per heavy atom. The van der Waals surface area contributed by atoms with Crippen LogP contribution >= 0.6 is 12.2 Å². The topological polar surface area (TPSA) is 44.4 Å². The third-order valence-electron chi connectivity index (χ3n) is 5.12. The Morgan fingerprint density at radius 3 is 2.39 bits per heavy atom. The van der Waals surface area contributed by atoms with Crippen LogP contribution in [0.2, 0.25) is 0 Å². The minimum Gasteiger partial charge on any atom is -0.360 e. The quantitative estimate of drug-likeness (QED) is 0.701. The minimum atomic E-state index is 0.126. The highest BCUT2D eigenvalue weighted by Gasteiger charge is 2.17. The summed E-state index contributed by atoms with van der Waals surface area (Å²) in [5.74, 6) is 0.126. The average Bonchev–Trinajstić information content (AvgIpc) is 2.73. The number of thiocarbonyl (C=S) groups is 1. The molecule has 1 aliphatic rings. The van der Waals surface area contributed by atoms with Crippen molar-refractivity contribution in [2.75, 3.05) is 18.4 Å². The average molecular weight is 396 g/mol. The maximum Gasteiger partial charge on any atom is 0.253 e. The van der Waals surface area contributed by atoms with Gasteiger partial charge in [-0.2, -0.15) is 0 Å². The first-order valence-electron chi connectivity index (χ1n) is 10.1. The molecular formula is C23H29N3OS. The van der Waals surface area contributed by atoms with Gasteiger partial charge in [0.2, 0.25) is 0 Å². The molecule has 148 valence electrons. The van der Waals surface area contributed by atoms with Gasteiger partial charge in [0.25, 0.3) is 5.91 Å². The van der Waals surface area contributed by atoms with Crippen molar-refractivity contribution < 1.29 is 4.79 Å². The molecule has 1 fully saturated rings. The third kappa shape index (κ3) is 6.06. The zero-order chi connectivity index (χ0) is 19.8. The fourth-order valence-electron chi connectivity index (χ4n) is 3.47. The molecule has 0 aliphatic carbocycles. The number of likely N-dealkylation sites (tertiary alicyclic amines) is 1. The Hall–Kier alpha value is -2.40. The first-order valence-corrected chi connectivity index (χ1v) is 10.5. The number of carbonyl (C=O) groups is 1. The van der Waals surface area contributed by atoms with Gasteiger partial charge in [-0.25, -0.2) is 0 Å². The van der Waals surface area contributed by atoms with E-state index in [1.54, 1.807) is 0 Å². The van der Waals surface area contributed by atoms with Gasteiger partial charge in [-0.05, 0) is 81.1 Å². The molecule has 0 radical (unpaired) electrons. The molecule has 0 bridgehead atoms. The lowest BCUT2D eigenvalue weighted by molar-refractivity contribution is 0.0724. The van der Waals surface area contributed by atoms with E-state index in [-0.39, 0.29) is 11.9 Å². The van der Waals surface area contributed by atoms with Gasteiger partial charge in [-0.15, -0.1) is 0 Å². The summed E-state index contributed by atoms with van der Waals surface area (Å²) in [6.45, 7) is 3.87. The van der Waals surface area contributed by atoms with Gasteiger partial charge < -0.3 is 15.5 Å². The predicted octanol–water partition coefficient (Wildman–Crippen LogP) is 4.62. The van der Waals surface area contributed by atoms with Gasteiger partial charge in [-0.1, -0.05) is 30.3 Å². The second kappa shape index (κ2) is 10.2. The molecule has 28 heavy (non-hydrogen) atoms. The Balaban J connectivity index is 1.45. The highest BCUT2D eigenvalue weighted by Crippen LogP contribution is 2.15. The van der Waals surface area contributed by atoms with Crippen molar-refractivity contribution in [1.82, 2.24) is 10.2 Å². The van der Waals surface area contributed by atoms with Crippen LogP contribution in [0.3, 0.4) is 0 Å². The molecule has 2 N–H and O–H groups in total. The summed E-state index contributed by atoms with van der Waals surface area (Å²) in [6.07, 6.45) is 5.46. The van der Waals surface area contributed by atoms with Gasteiger partial charge >= 0.3 is 0 Å². The van der Waals surface area contributed by atoms with Crippen LogP contribution < -0.4 is 10.6 Å². The van der Waals surface area contributed by atoms with Crippen LogP contribution in [0.4, 0.5) is 5.69 Å². The molecule has 2 aromatic rings. The van der Waals surface area contributed by atoms with Crippen LogP contribution in [0.5, 0.6) is 0 Å². The summed E-state index contributed by atoms with van der Waals surface area (Å²) < 4.78 is 0. The van der Waals surface area contributed by atoms with Gasteiger partial charge in [0, 0.05) is 30.4 Å². The highest BCUT2D eigenvalue weighted by molar-refractivity contribution is 7.80. The summed E-state index contributed by atoms with van der Waals surface area (Å²) in [6, 6.07) is 18.3. The van der Waals surface area contributed by atoms with E-state index in [2.05, 4.69) is 41.8 Å². The lowest BCUT2D eigenvalue weighted by Gasteiger charge is -2.26. The van der Waals surface area contributed by atoms with Crippen molar-refractivity contribution >= 4 is 28.9 Å². The number of carbonyl (C=O) groups excluding carboxylic acids is 1. The van der Waals surface area contributed by atoms with Crippen molar-refractivity contribution in [3.05, 3.63) is 65.7 Å². The van der Waals surface area contributed by atoms with Crippen molar-refractivity contribution in [3.63, 3.8) is 0 Å². The summed E-state index contributed by atoms with van der Waals surface area (Å²) >= 11 is 5.43. The zero-order valence-corrected chi connectivity index (χ0v) is 17.3. The molecule has 0 aromatic heterocycles. The number of rotatable bonds is 6. The number of aryl methyl sites for hydroxylation is 1. The molecule has 1 aliphatic heterocycles. The number of anilines is 1. The number of hydrogen-bond acceptors (Lipinski definition) is 2. The Morgan fingerprint density at radius 1 is 1.04 bits per heavy atom. The maximum absolute atomic E-state index is 12.5. The Bertz CT molecular complexity index is 770. The number of benzene rings is 2. The van der Waals surface area contributed by atoms with E-state index in [0.717, 1.165) is 50.0 Å². The third-order valence-corrected chi connectivity index (χ3v) is 5.34. The molecule has 1 saturated heterocycles. The van der Waals surface area contributed by atoms with Crippen LogP contribution in [-0.2, 0) is 6.42 Å². The van der Waals surface area contributed by atoms with Crippen molar-refractivity contribution in [1.29, 1.82) is 0 Å². The maximum atomic E-state index is 12.5. The van der Waals surface area contributed by atoms with E-state index in [1.165, 1.54) is 12.0 Å². The largest absolute Gasteiger partial charge is 0.360 e. The minimum absolute atomic E-state index is 0.126. The molecule has 1 atom stereocenters. The molecule has 0 unspecified atom stereocenters. The monoisotopic (exact) mass is 395 g/mol. The van der Waals surface area contributed by atoms with Crippen LogP contribution in [0.15, 0.2) is 54.6 Å². The van der Waals surface area contributed by atoms with Crippen LogP contribution in [0, 0.1) is 0 Å². The van der Waals surface area contributed by atoms with Crippen molar-refractivity contribution in [3.8, 4) is 0 Å². The van der Waals surface area contributed by atoms with E-state index in [4.69, 9.17) is 12.2 Å². The normalized spacial score (nSPS) is 15.0. The number of nitrogens with zero attached hydrogens (tertiary/aromatic N) is 1. The number of amides is 1. The molecule has 1 heterocycles. The van der Waals surface area contributed by atoms with E-state index in [9.17, 15) is 4.79 Å². The molecule has 5 heteroatoms. The lowest BCUT2D eigenvalue weighted by Crippen LogP contribution is -2.36. The van der Waals surface area contributed by atoms with Gasteiger partial charge in [-0.3, -0.25) is 4.79 Å². The molecule has 3 rings (SSSR count). The van der Waals surface area contributed by atoms with Crippen LogP contribution in [-0.4, -0.2) is 35.1 Å². The van der Waals surface area contributed by atoms with Crippen molar-refractivity contribution in [2.24, 2.45) is 0 Å². The Kier molecular flexibility index (Phi) is 7.43. The standard InChI is InChI=1S/C23H29N3OS/c1-18(10-11-19-8-4-2-5-9-19)24-23(28)25-21-14-12-20(13-15-21)22(27)26-16-6-3-7-17-26/h2,4-5,8-9,12-15,18H,3,6-7,10-11,16-17H2,1H3,(H2,24,25,28)/t18-/m1/s1. The molecular weight excluding hydrogens is 366 g/mol. The SMILES string of the molecule is C[C@H](CCc1ccccc1)NC(=S)Nc1ccc(C(=O)N2CCCCC2)cc1. The van der Waals surface area contributed by atoms with E-state index < -0.39 is 0 Å². The molecule has 2 aromatic carbocycles. The molecule has 1 amide bonds. The van der Waals surface area contributed by atoms with E-state index in [1.807, 2.05) is 35.2 Å². The second-order valence-electron chi connectivity index (χ2n) is 7.45. The number of nitrogens with one attached hydrogen (secondary N) is 2. The predicted molar refractivity (Wildman–Crippen MR) is 120 cm³/mol. The summed E-state index contributed by atoms with van der Waals surface area (Å²) in [4.78, 5) is 14.5. The van der Waals surface area contributed by atoms with Crippen LogP contribution in [0.1, 0.15) is 48.5 Å². The molecule has 4 nitrogen and oxygen atoms in total. The second-order valence-corrected chi connectivity index (χ2v) is 7.86. The fraction of sp³-hybridized carbons (Fsp3) is 0.391.